The molecule has 1 N–H and O–H groups in total. The zero-order chi connectivity index (χ0) is 15.7. The molecule has 112 valence electrons. The third kappa shape index (κ3) is 2.80. The van der Waals surface area contributed by atoms with Gasteiger partial charge >= 0.3 is 5.97 Å². The number of nitrogens with zero attached hydrogens (tertiary/aromatic N) is 2. The van der Waals surface area contributed by atoms with Crippen molar-refractivity contribution in [2.24, 2.45) is 0 Å². The van der Waals surface area contributed by atoms with Crippen LogP contribution in [0.15, 0.2) is 59.5 Å². The molecule has 1 heterocycles. The van der Waals surface area contributed by atoms with Crippen LogP contribution in [0.3, 0.4) is 0 Å². The van der Waals surface area contributed by atoms with Crippen molar-refractivity contribution in [1.29, 1.82) is 0 Å². The number of allylic oxidation sites excluding steroid dienone is 4. The van der Waals surface area contributed by atoms with Crippen LogP contribution >= 0.6 is 11.6 Å². The Kier molecular flexibility index (Phi) is 3.81. The smallest absolute Gasteiger partial charge is 0.335 e. The van der Waals surface area contributed by atoms with Gasteiger partial charge in [0, 0.05) is 16.8 Å². The Hall–Kier alpha value is -2.40. The highest BCUT2D eigenvalue weighted by molar-refractivity contribution is 6.31. The molecule has 0 bridgehead atoms. The first kappa shape index (κ1) is 14.5. The van der Waals surface area contributed by atoms with Crippen LogP contribution in [0, 0.1) is 0 Å². The standard InChI is InChI=1S/C16H12ClFN2O2/c17-12-4-5-15(13(18)9-12)20-7-6-14(19-20)10-2-1-3-11(8-10)16(21)22/h1-4,6-9,15H,5H2,(H,21,22). The first-order valence-electron chi connectivity index (χ1n) is 6.66. The van der Waals surface area contributed by atoms with Crippen molar-refractivity contribution in [2.45, 2.75) is 12.5 Å². The van der Waals surface area contributed by atoms with Crippen molar-refractivity contribution in [3.05, 3.63) is 65.1 Å². The molecule has 1 aromatic heterocycles. The number of carbonyl (C=O) groups is 1. The van der Waals surface area contributed by atoms with E-state index >= 15 is 0 Å². The van der Waals surface area contributed by atoms with Gasteiger partial charge in [-0.15, -0.1) is 0 Å². The van der Waals surface area contributed by atoms with Gasteiger partial charge in [-0.2, -0.15) is 5.10 Å². The summed E-state index contributed by atoms with van der Waals surface area (Å²) in [6.45, 7) is 0. The second kappa shape index (κ2) is 5.77. The Morgan fingerprint density at radius 3 is 2.95 bits per heavy atom. The third-order valence-corrected chi connectivity index (χ3v) is 3.73. The van der Waals surface area contributed by atoms with Crippen LogP contribution in [0.4, 0.5) is 4.39 Å². The van der Waals surface area contributed by atoms with Gasteiger partial charge in [0.1, 0.15) is 11.9 Å². The van der Waals surface area contributed by atoms with E-state index in [0.717, 1.165) is 0 Å². The number of carboxylic acids is 1. The van der Waals surface area contributed by atoms with E-state index in [1.165, 1.54) is 16.8 Å². The van der Waals surface area contributed by atoms with E-state index < -0.39 is 12.0 Å². The number of carboxylic acid groups (broad SMARTS) is 1. The minimum atomic E-state index is -0.998. The van der Waals surface area contributed by atoms with Gasteiger partial charge in [0.05, 0.1) is 11.3 Å². The van der Waals surface area contributed by atoms with Gasteiger partial charge in [0.2, 0.25) is 0 Å². The fraction of sp³-hybridized carbons (Fsp3) is 0.125. The van der Waals surface area contributed by atoms with Crippen LogP contribution in [-0.4, -0.2) is 20.9 Å². The van der Waals surface area contributed by atoms with Gasteiger partial charge in [-0.05, 0) is 30.7 Å². The van der Waals surface area contributed by atoms with Crippen molar-refractivity contribution >= 4 is 17.6 Å². The molecular weight excluding hydrogens is 307 g/mol. The number of aromatic nitrogens is 2. The van der Waals surface area contributed by atoms with Crippen LogP contribution in [0.1, 0.15) is 22.8 Å². The second-order valence-corrected chi connectivity index (χ2v) is 5.37. The Balaban J connectivity index is 1.90. The molecule has 1 atom stereocenters. The van der Waals surface area contributed by atoms with E-state index in [4.69, 9.17) is 16.7 Å². The fourth-order valence-corrected chi connectivity index (χ4v) is 2.53. The topological polar surface area (TPSA) is 55.1 Å². The Morgan fingerprint density at radius 2 is 2.23 bits per heavy atom. The monoisotopic (exact) mass is 318 g/mol. The maximum atomic E-state index is 14.0. The first-order valence-corrected chi connectivity index (χ1v) is 7.04. The molecule has 1 aliphatic carbocycles. The maximum absolute atomic E-state index is 14.0. The van der Waals surface area contributed by atoms with Crippen molar-refractivity contribution in [3.8, 4) is 11.3 Å². The average molecular weight is 319 g/mol. The normalized spacial score (nSPS) is 17.8. The third-order valence-electron chi connectivity index (χ3n) is 3.46. The number of aromatic carboxylic acids is 1. The quantitative estimate of drug-likeness (QED) is 0.924. The molecule has 3 rings (SSSR count). The molecule has 1 aliphatic rings. The lowest BCUT2D eigenvalue weighted by Gasteiger charge is -2.17. The van der Waals surface area contributed by atoms with Crippen molar-refractivity contribution < 1.29 is 14.3 Å². The van der Waals surface area contributed by atoms with Crippen molar-refractivity contribution in [3.63, 3.8) is 0 Å². The van der Waals surface area contributed by atoms with Gasteiger partial charge in [-0.25, -0.2) is 9.18 Å². The van der Waals surface area contributed by atoms with E-state index in [1.54, 1.807) is 36.5 Å². The minimum Gasteiger partial charge on any atom is -0.478 e. The average Bonchev–Trinajstić information content (AvgIpc) is 2.97. The molecule has 0 radical (unpaired) electrons. The van der Waals surface area contributed by atoms with Crippen LogP contribution in [0.25, 0.3) is 11.3 Å². The predicted octanol–water partition coefficient (Wildman–Crippen LogP) is 4.17. The Labute approximate surface area is 131 Å². The van der Waals surface area contributed by atoms with Gasteiger partial charge in [-0.3, -0.25) is 4.68 Å². The molecule has 0 saturated carbocycles. The summed E-state index contributed by atoms with van der Waals surface area (Å²) < 4.78 is 15.5. The lowest BCUT2D eigenvalue weighted by atomic mass is 10.1. The molecule has 1 unspecified atom stereocenters. The number of hydrogen-bond donors (Lipinski definition) is 1. The lowest BCUT2D eigenvalue weighted by Crippen LogP contribution is -2.12. The Bertz CT molecular complexity index is 795. The highest BCUT2D eigenvalue weighted by Gasteiger charge is 2.20. The first-order chi connectivity index (χ1) is 10.5. The van der Waals surface area contributed by atoms with Gasteiger partial charge in [-0.1, -0.05) is 29.8 Å². The second-order valence-electron chi connectivity index (χ2n) is 4.94. The summed E-state index contributed by atoms with van der Waals surface area (Å²) in [6, 6.07) is 7.69. The minimum absolute atomic E-state index is 0.186. The predicted molar refractivity (Wildman–Crippen MR) is 81.4 cm³/mol. The van der Waals surface area contributed by atoms with Crippen LogP contribution in [0.2, 0.25) is 0 Å². The molecule has 2 aromatic rings. The molecule has 0 saturated heterocycles. The molecule has 22 heavy (non-hydrogen) atoms. The summed E-state index contributed by atoms with van der Waals surface area (Å²) in [4.78, 5) is 11.0. The molecule has 0 amide bonds. The summed E-state index contributed by atoms with van der Waals surface area (Å²) in [5.41, 5.74) is 1.45. The van der Waals surface area contributed by atoms with Crippen LogP contribution < -0.4 is 0 Å². The van der Waals surface area contributed by atoms with Crippen molar-refractivity contribution in [1.82, 2.24) is 9.78 Å². The van der Waals surface area contributed by atoms with E-state index in [-0.39, 0.29) is 11.4 Å². The summed E-state index contributed by atoms with van der Waals surface area (Å²) >= 11 is 5.77. The molecule has 1 aromatic carbocycles. The van der Waals surface area contributed by atoms with Gasteiger partial charge in [0.25, 0.3) is 0 Å². The molecule has 0 fully saturated rings. The number of hydrogen-bond acceptors (Lipinski definition) is 2. The highest BCUT2D eigenvalue weighted by atomic mass is 35.5. The number of benzene rings is 1. The summed E-state index contributed by atoms with van der Waals surface area (Å²) in [6.07, 6.45) is 5.12. The summed E-state index contributed by atoms with van der Waals surface area (Å²) in [7, 11) is 0. The van der Waals surface area contributed by atoms with Gasteiger partial charge in [0.15, 0.2) is 0 Å². The largest absolute Gasteiger partial charge is 0.478 e. The van der Waals surface area contributed by atoms with Crippen LogP contribution in [0.5, 0.6) is 0 Å². The molecular formula is C16H12ClFN2O2. The molecule has 6 heteroatoms. The van der Waals surface area contributed by atoms with E-state index in [0.29, 0.717) is 22.7 Å². The lowest BCUT2D eigenvalue weighted by molar-refractivity contribution is 0.0697. The highest BCUT2D eigenvalue weighted by Crippen LogP contribution is 2.31. The van der Waals surface area contributed by atoms with Crippen LogP contribution in [-0.2, 0) is 0 Å². The maximum Gasteiger partial charge on any atom is 0.335 e. The summed E-state index contributed by atoms with van der Waals surface area (Å²) in [5, 5.41) is 13.8. The van der Waals surface area contributed by atoms with Gasteiger partial charge < -0.3 is 5.11 Å². The van der Waals surface area contributed by atoms with E-state index in [9.17, 15) is 9.18 Å². The summed E-state index contributed by atoms with van der Waals surface area (Å²) in [5.74, 6) is -1.34. The number of halogens is 2. The SMILES string of the molecule is O=C(O)c1cccc(-c2ccn(C3CC=C(Cl)C=C3F)n2)c1. The Morgan fingerprint density at radius 1 is 1.41 bits per heavy atom. The molecule has 0 spiro atoms. The number of rotatable bonds is 3. The zero-order valence-electron chi connectivity index (χ0n) is 11.4. The molecule has 0 aliphatic heterocycles. The molecule has 4 nitrogen and oxygen atoms in total. The van der Waals surface area contributed by atoms with E-state index in [2.05, 4.69) is 5.10 Å². The zero-order valence-corrected chi connectivity index (χ0v) is 12.2. The fourth-order valence-electron chi connectivity index (χ4n) is 2.34. The van der Waals surface area contributed by atoms with Crippen molar-refractivity contribution in [2.75, 3.05) is 0 Å². The van der Waals surface area contributed by atoms with E-state index in [1.807, 2.05) is 0 Å².